The van der Waals surface area contributed by atoms with Crippen molar-refractivity contribution in [2.24, 2.45) is 0 Å². The molecular formula is C17H20N2O2. The molecule has 4 nitrogen and oxygen atoms in total. The second-order valence-electron chi connectivity index (χ2n) is 4.90. The number of carbonyl (C=O) groups excluding carboxylic acids is 1. The summed E-state index contributed by atoms with van der Waals surface area (Å²) in [5.41, 5.74) is 3.98. The zero-order valence-corrected chi connectivity index (χ0v) is 12.6. The average Bonchev–Trinajstić information content (AvgIpc) is 2.49. The van der Waals surface area contributed by atoms with Crippen molar-refractivity contribution in [3.05, 3.63) is 53.6 Å². The first-order valence-corrected chi connectivity index (χ1v) is 6.84. The van der Waals surface area contributed by atoms with Gasteiger partial charge in [-0.15, -0.1) is 0 Å². The molecule has 2 N–H and O–H groups in total. The van der Waals surface area contributed by atoms with E-state index in [0.717, 1.165) is 22.7 Å². The van der Waals surface area contributed by atoms with Crippen LogP contribution in [0.4, 0.5) is 11.4 Å². The number of para-hydroxylation sites is 2. The topological polar surface area (TPSA) is 50.4 Å². The predicted molar refractivity (Wildman–Crippen MR) is 86.0 cm³/mol. The maximum absolute atomic E-state index is 12.0. The number of anilines is 2. The Balaban J connectivity index is 1.94. The Labute approximate surface area is 125 Å². The first-order chi connectivity index (χ1) is 10.1. The maximum Gasteiger partial charge on any atom is 0.243 e. The van der Waals surface area contributed by atoms with Gasteiger partial charge in [0, 0.05) is 5.69 Å². The van der Waals surface area contributed by atoms with Crippen LogP contribution in [0, 0.1) is 13.8 Å². The minimum atomic E-state index is -0.0934. The molecular weight excluding hydrogens is 264 g/mol. The van der Waals surface area contributed by atoms with Gasteiger partial charge in [-0.2, -0.15) is 0 Å². The molecule has 0 heterocycles. The Bertz CT molecular complexity index is 638. The smallest absolute Gasteiger partial charge is 0.243 e. The summed E-state index contributed by atoms with van der Waals surface area (Å²) in [5, 5.41) is 5.95. The van der Waals surface area contributed by atoms with Crippen LogP contribution >= 0.6 is 0 Å². The first-order valence-electron chi connectivity index (χ1n) is 6.84. The van der Waals surface area contributed by atoms with E-state index in [4.69, 9.17) is 4.74 Å². The van der Waals surface area contributed by atoms with Gasteiger partial charge in [0.2, 0.25) is 5.91 Å². The van der Waals surface area contributed by atoms with Crippen molar-refractivity contribution < 1.29 is 9.53 Å². The maximum atomic E-state index is 12.0. The van der Waals surface area contributed by atoms with Gasteiger partial charge in [0.1, 0.15) is 5.75 Å². The molecule has 1 amide bonds. The minimum Gasteiger partial charge on any atom is -0.495 e. The summed E-state index contributed by atoms with van der Waals surface area (Å²) in [5.74, 6) is 0.626. The Hall–Kier alpha value is -2.49. The molecule has 2 rings (SSSR count). The number of hydrogen-bond acceptors (Lipinski definition) is 3. The molecule has 0 unspecified atom stereocenters. The number of rotatable bonds is 5. The van der Waals surface area contributed by atoms with Gasteiger partial charge >= 0.3 is 0 Å². The summed E-state index contributed by atoms with van der Waals surface area (Å²) >= 11 is 0. The standard InChI is InChI=1S/C17H20N2O2/c1-12-8-9-14(10-13(12)2)19-17(20)11-18-15-6-4-5-7-16(15)21-3/h4-10,18H,11H2,1-3H3,(H,19,20). The minimum absolute atomic E-state index is 0.0934. The highest BCUT2D eigenvalue weighted by atomic mass is 16.5. The van der Waals surface area contributed by atoms with E-state index >= 15 is 0 Å². The molecule has 4 heteroatoms. The van der Waals surface area contributed by atoms with Crippen molar-refractivity contribution in [3.8, 4) is 5.75 Å². The van der Waals surface area contributed by atoms with Crippen LogP contribution < -0.4 is 15.4 Å². The van der Waals surface area contributed by atoms with E-state index < -0.39 is 0 Å². The van der Waals surface area contributed by atoms with Crippen molar-refractivity contribution in [1.82, 2.24) is 0 Å². The highest BCUT2D eigenvalue weighted by molar-refractivity contribution is 5.94. The van der Waals surface area contributed by atoms with Gasteiger partial charge in [-0.3, -0.25) is 4.79 Å². The van der Waals surface area contributed by atoms with Crippen molar-refractivity contribution in [2.45, 2.75) is 13.8 Å². The molecule has 0 aliphatic rings. The Morgan fingerprint density at radius 3 is 2.57 bits per heavy atom. The van der Waals surface area contributed by atoms with E-state index in [1.54, 1.807) is 7.11 Å². The van der Waals surface area contributed by atoms with Gasteiger partial charge in [-0.25, -0.2) is 0 Å². The highest BCUT2D eigenvalue weighted by Gasteiger charge is 2.06. The first kappa shape index (κ1) is 14.9. The van der Waals surface area contributed by atoms with Gasteiger partial charge in [0.15, 0.2) is 0 Å². The number of methoxy groups -OCH3 is 1. The Kier molecular flexibility index (Phi) is 4.82. The Morgan fingerprint density at radius 2 is 1.86 bits per heavy atom. The number of benzene rings is 2. The van der Waals surface area contributed by atoms with Crippen LogP contribution in [0.5, 0.6) is 5.75 Å². The molecule has 0 radical (unpaired) electrons. The third kappa shape index (κ3) is 3.99. The predicted octanol–water partition coefficient (Wildman–Crippen LogP) is 3.36. The van der Waals surface area contributed by atoms with Gasteiger partial charge in [-0.05, 0) is 49.2 Å². The van der Waals surface area contributed by atoms with E-state index in [1.807, 2.05) is 56.3 Å². The molecule has 0 fully saturated rings. The van der Waals surface area contributed by atoms with Crippen LogP contribution in [0.25, 0.3) is 0 Å². The summed E-state index contributed by atoms with van der Waals surface area (Å²) in [6.45, 7) is 4.26. The van der Waals surface area contributed by atoms with Gasteiger partial charge in [0.05, 0.1) is 19.3 Å². The fourth-order valence-corrected chi connectivity index (χ4v) is 1.99. The molecule has 110 valence electrons. The Morgan fingerprint density at radius 1 is 1.10 bits per heavy atom. The number of carbonyl (C=O) groups is 1. The quantitative estimate of drug-likeness (QED) is 0.885. The van der Waals surface area contributed by atoms with Crippen molar-refractivity contribution in [1.29, 1.82) is 0 Å². The molecule has 0 saturated heterocycles. The lowest BCUT2D eigenvalue weighted by Crippen LogP contribution is -2.22. The molecule has 0 spiro atoms. The third-order valence-corrected chi connectivity index (χ3v) is 3.34. The van der Waals surface area contributed by atoms with Crippen LogP contribution in [0.1, 0.15) is 11.1 Å². The molecule has 0 aliphatic carbocycles. The van der Waals surface area contributed by atoms with Crippen LogP contribution in [0.3, 0.4) is 0 Å². The summed E-state index contributed by atoms with van der Waals surface area (Å²) in [7, 11) is 1.61. The van der Waals surface area contributed by atoms with Crippen molar-refractivity contribution >= 4 is 17.3 Å². The van der Waals surface area contributed by atoms with Crippen LogP contribution in [0.2, 0.25) is 0 Å². The zero-order chi connectivity index (χ0) is 15.2. The van der Waals surface area contributed by atoms with E-state index in [2.05, 4.69) is 10.6 Å². The lowest BCUT2D eigenvalue weighted by Gasteiger charge is -2.11. The highest BCUT2D eigenvalue weighted by Crippen LogP contribution is 2.22. The van der Waals surface area contributed by atoms with Crippen LogP contribution in [0.15, 0.2) is 42.5 Å². The van der Waals surface area contributed by atoms with Crippen LogP contribution in [-0.2, 0) is 4.79 Å². The third-order valence-electron chi connectivity index (χ3n) is 3.34. The number of aryl methyl sites for hydroxylation is 2. The molecule has 0 aromatic heterocycles. The normalized spacial score (nSPS) is 10.0. The number of nitrogens with one attached hydrogen (secondary N) is 2. The molecule has 2 aromatic rings. The van der Waals surface area contributed by atoms with Crippen molar-refractivity contribution in [3.63, 3.8) is 0 Å². The molecule has 0 saturated carbocycles. The summed E-state index contributed by atoms with van der Waals surface area (Å²) in [6.07, 6.45) is 0. The number of ether oxygens (including phenoxy) is 1. The molecule has 0 bridgehead atoms. The number of amides is 1. The molecule has 0 atom stereocenters. The van der Waals surface area contributed by atoms with E-state index in [0.29, 0.717) is 0 Å². The van der Waals surface area contributed by atoms with Crippen molar-refractivity contribution in [2.75, 3.05) is 24.3 Å². The lowest BCUT2D eigenvalue weighted by molar-refractivity contribution is -0.114. The molecule has 0 aliphatic heterocycles. The fourth-order valence-electron chi connectivity index (χ4n) is 1.99. The lowest BCUT2D eigenvalue weighted by atomic mass is 10.1. The van der Waals surface area contributed by atoms with Gasteiger partial charge in [-0.1, -0.05) is 18.2 Å². The zero-order valence-electron chi connectivity index (χ0n) is 12.6. The van der Waals surface area contributed by atoms with E-state index in [-0.39, 0.29) is 12.5 Å². The molecule has 21 heavy (non-hydrogen) atoms. The SMILES string of the molecule is COc1ccccc1NCC(=O)Nc1ccc(C)c(C)c1. The van der Waals surface area contributed by atoms with E-state index in [9.17, 15) is 4.79 Å². The van der Waals surface area contributed by atoms with Gasteiger partial charge in [0.25, 0.3) is 0 Å². The average molecular weight is 284 g/mol. The fraction of sp³-hybridized carbons (Fsp3) is 0.235. The largest absolute Gasteiger partial charge is 0.495 e. The summed E-state index contributed by atoms with van der Waals surface area (Å²) in [4.78, 5) is 12.0. The summed E-state index contributed by atoms with van der Waals surface area (Å²) in [6, 6.07) is 13.4. The second-order valence-corrected chi connectivity index (χ2v) is 4.90. The number of hydrogen-bond donors (Lipinski definition) is 2. The molecule has 2 aromatic carbocycles. The van der Waals surface area contributed by atoms with E-state index in [1.165, 1.54) is 5.56 Å². The van der Waals surface area contributed by atoms with Crippen LogP contribution in [-0.4, -0.2) is 19.6 Å². The second kappa shape index (κ2) is 6.79. The van der Waals surface area contributed by atoms with Gasteiger partial charge < -0.3 is 15.4 Å². The summed E-state index contributed by atoms with van der Waals surface area (Å²) < 4.78 is 5.23. The monoisotopic (exact) mass is 284 g/mol.